The molecule has 0 saturated heterocycles. The maximum absolute atomic E-state index is 14.0. The fourth-order valence-corrected chi connectivity index (χ4v) is 4.33. The monoisotopic (exact) mass is 491 g/mol. The Morgan fingerprint density at radius 3 is 2.33 bits per heavy atom. The summed E-state index contributed by atoms with van der Waals surface area (Å²) in [6.45, 7) is 1.45. The molecule has 13 heteroatoms. The molecule has 4 nitrogen and oxygen atoms in total. The van der Waals surface area contributed by atoms with Crippen LogP contribution in [0.2, 0.25) is 10.0 Å². The van der Waals surface area contributed by atoms with Crippen molar-refractivity contribution in [2.75, 3.05) is 0 Å². The number of benzene rings is 1. The smallest absolute Gasteiger partial charge is 0.435 e. The molecule has 2 heterocycles. The predicted molar refractivity (Wildman–Crippen MR) is 97.5 cm³/mol. The molecule has 162 valence electrons. The lowest BCUT2D eigenvalue weighted by Gasteiger charge is -2.30. The van der Waals surface area contributed by atoms with Gasteiger partial charge in [0.05, 0.1) is 26.9 Å². The number of oxime groups is 1. The van der Waals surface area contributed by atoms with Gasteiger partial charge in [0.15, 0.2) is 0 Å². The van der Waals surface area contributed by atoms with Gasteiger partial charge in [-0.05, 0) is 30.7 Å². The summed E-state index contributed by atoms with van der Waals surface area (Å²) in [4.78, 5) is 15.9. The van der Waals surface area contributed by atoms with Crippen LogP contribution in [0.3, 0.4) is 0 Å². The lowest BCUT2D eigenvalue weighted by Crippen LogP contribution is -2.42. The largest absolute Gasteiger partial charge is 0.477 e. The van der Waals surface area contributed by atoms with Gasteiger partial charge in [-0.2, -0.15) is 26.3 Å². The van der Waals surface area contributed by atoms with Crippen LogP contribution in [0, 0.1) is 6.92 Å². The van der Waals surface area contributed by atoms with E-state index in [4.69, 9.17) is 28.3 Å². The van der Waals surface area contributed by atoms with E-state index in [9.17, 15) is 31.1 Å². The van der Waals surface area contributed by atoms with Crippen LogP contribution in [-0.4, -0.2) is 23.0 Å². The van der Waals surface area contributed by atoms with Crippen LogP contribution in [0.1, 0.15) is 37.7 Å². The maximum Gasteiger partial charge on any atom is 0.435 e. The van der Waals surface area contributed by atoms with E-state index in [0.29, 0.717) is 23.0 Å². The number of carboxylic acids is 1. The third kappa shape index (κ3) is 3.74. The molecular weight excluding hydrogens is 483 g/mol. The van der Waals surface area contributed by atoms with Crippen molar-refractivity contribution in [1.29, 1.82) is 0 Å². The topological polar surface area (TPSA) is 58.9 Å². The first-order chi connectivity index (χ1) is 13.7. The Morgan fingerprint density at radius 2 is 1.83 bits per heavy atom. The molecular formula is C17H9Cl2F6NO3S. The van der Waals surface area contributed by atoms with Crippen LogP contribution in [0.15, 0.2) is 23.4 Å². The van der Waals surface area contributed by atoms with Crippen molar-refractivity contribution in [2.24, 2.45) is 5.16 Å². The van der Waals surface area contributed by atoms with Gasteiger partial charge >= 0.3 is 18.3 Å². The van der Waals surface area contributed by atoms with Gasteiger partial charge in [-0.3, -0.25) is 0 Å². The number of carbonyl (C=O) groups is 1. The summed E-state index contributed by atoms with van der Waals surface area (Å²) < 4.78 is 81.8. The highest BCUT2D eigenvalue weighted by Gasteiger charge is 2.63. The van der Waals surface area contributed by atoms with Crippen molar-refractivity contribution in [3.05, 3.63) is 54.7 Å². The Kier molecular flexibility index (Phi) is 5.53. The average Bonchev–Trinajstić information content (AvgIpc) is 3.20. The Bertz CT molecular complexity index is 1060. The summed E-state index contributed by atoms with van der Waals surface area (Å²) >= 11 is 11.9. The van der Waals surface area contributed by atoms with Crippen molar-refractivity contribution in [3.8, 4) is 0 Å². The molecule has 1 atom stereocenters. The summed E-state index contributed by atoms with van der Waals surface area (Å²) in [5.74, 6) is -1.27. The lowest BCUT2D eigenvalue weighted by molar-refractivity contribution is -0.276. The zero-order chi connectivity index (χ0) is 22.6. The number of aromatic carboxylic acids is 1. The number of hydrogen-bond donors (Lipinski definition) is 1. The SMILES string of the molecule is Cc1cc(C2=NOC(c3cc(Cl)c(Cl)c(C(F)(F)F)c3)(C(F)(F)F)C2)sc1C(=O)O. The molecule has 0 bridgehead atoms. The van der Waals surface area contributed by atoms with Crippen LogP contribution in [0.25, 0.3) is 0 Å². The van der Waals surface area contributed by atoms with Crippen LogP contribution in [0.5, 0.6) is 0 Å². The molecule has 0 spiro atoms. The second kappa shape index (κ2) is 7.31. The molecule has 0 radical (unpaired) electrons. The van der Waals surface area contributed by atoms with Crippen LogP contribution in [-0.2, 0) is 16.6 Å². The van der Waals surface area contributed by atoms with E-state index >= 15 is 0 Å². The molecule has 30 heavy (non-hydrogen) atoms. The van der Waals surface area contributed by atoms with Gasteiger partial charge in [0.25, 0.3) is 5.60 Å². The maximum atomic E-state index is 14.0. The van der Waals surface area contributed by atoms with E-state index in [-0.39, 0.29) is 21.5 Å². The predicted octanol–water partition coefficient (Wildman–Crippen LogP) is 6.66. The Labute approximate surface area is 178 Å². The number of alkyl halides is 6. The first kappa shape index (κ1) is 22.7. The number of hydrogen-bond acceptors (Lipinski definition) is 4. The number of aryl methyl sites for hydroxylation is 1. The van der Waals surface area contributed by atoms with Crippen molar-refractivity contribution in [3.63, 3.8) is 0 Å². The second-order valence-corrected chi connectivity index (χ2v) is 8.21. The van der Waals surface area contributed by atoms with Crippen molar-refractivity contribution < 1.29 is 41.1 Å². The van der Waals surface area contributed by atoms with Gasteiger partial charge < -0.3 is 9.94 Å². The van der Waals surface area contributed by atoms with E-state index < -0.39 is 51.5 Å². The van der Waals surface area contributed by atoms with Crippen LogP contribution >= 0.6 is 34.5 Å². The van der Waals surface area contributed by atoms with E-state index in [0.717, 1.165) is 0 Å². The molecule has 1 aliphatic rings. The number of halogens is 8. The molecule has 0 saturated carbocycles. The quantitative estimate of drug-likeness (QED) is 0.488. The van der Waals surface area contributed by atoms with E-state index in [2.05, 4.69) is 9.99 Å². The molecule has 1 aliphatic heterocycles. The van der Waals surface area contributed by atoms with Crippen LogP contribution in [0.4, 0.5) is 26.3 Å². The molecule has 1 aromatic carbocycles. The molecule has 2 aromatic rings. The first-order valence-corrected chi connectivity index (χ1v) is 9.47. The molecule has 1 N–H and O–H groups in total. The minimum atomic E-state index is -5.18. The molecule has 0 amide bonds. The molecule has 0 fully saturated rings. The number of nitrogens with zero attached hydrogens (tertiary/aromatic N) is 1. The van der Waals surface area contributed by atoms with Crippen molar-refractivity contribution in [2.45, 2.75) is 31.3 Å². The molecule has 1 unspecified atom stereocenters. The highest BCUT2D eigenvalue weighted by Crippen LogP contribution is 2.51. The average molecular weight is 492 g/mol. The highest BCUT2D eigenvalue weighted by molar-refractivity contribution is 7.16. The van der Waals surface area contributed by atoms with Gasteiger partial charge in [0, 0.05) is 5.56 Å². The van der Waals surface area contributed by atoms with Gasteiger partial charge in [-0.1, -0.05) is 28.4 Å². The number of carboxylic acid groups (broad SMARTS) is 1. The molecule has 1 aromatic heterocycles. The molecule has 0 aliphatic carbocycles. The minimum absolute atomic E-state index is 0.0899. The van der Waals surface area contributed by atoms with Crippen molar-refractivity contribution in [1.82, 2.24) is 0 Å². The number of thiophene rings is 1. The zero-order valence-electron chi connectivity index (χ0n) is 14.6. The lowest BCUT2D eigenvalue weighted by atomic mass is 9.86. The second-order valence-electron chi connectivity index (χ2n) is 6.38. The van der Waals surface area contributed by atoms with E-state index in [1.54, 1.807) is 0 Å². The summed E-state index contributed by atoms with van der Waals surface area (Å²) in [5.41, 5.74) is -5.69. The van der Waals surface area contributed by atoms with Gasteiger partial charge in [0.1, 0.15) is 10.6 Å². The minimum Gasteiger partial charge on any atom is -0.477 e. The Hall–Kier alpha value is -1.98. The summed E-state index contributed by atoms with van der Waals surface area (Å²) in [7, 11) is 0. The summed E-state index contributed by atoms with van der Waals surface area (Å²) in [6.07, 6.45) is -11.2. The first-order valence-electron chi connectivity index (χ1n) is 7.90. The van der Waals surface area contributed by atoms with E-state index in [1.165, 1.54) is 13.0 Å². The van der Waals surface area contributed by atoms with E-state index in [1.807, 2.05) is 0 Å². The summed E-state index contributed by atoms with van der Waals surface area (Å²) in [6, 6.07) is 2.19. The third-order valence-electron chi connectivity index (χ3n) is 4.38. The van der Waals surface area contributed by atoms with Gasteiger partial charge in [0.2, 0.25) is 0 Å². The fourth-order valence-electron chi connectivity index (χ4n) is 2.90. The Balaban J connectivity index is 2.11. The number of rotatable bonds is 3. The van der Waals surface area contributed by atoms with Gasteiger partial charge in [-0.15, -0.1) is 11.3 Å². The zero-order valence-corrected chi connectivity index (χ0v) is 16.9. The third-order valence-corrected chi connectivity index (χ3v) is 6.46. The Morgan fingerprint density at radius 1 is 1.20 bits per heavy atom. The molecule has 3 rings (SSSR count). The summed E-state index contributed by atoms with van der Waals surface area (Å²) in [5, 5.41) is 10.9. The van der Waals surface area contributed by atoms with Crippen LogP contribution < -0.4 is 0 Å². The van der Waals surface area contributed by atoms with Crippen molar-refractivity contribution >= 4 is 46.2 Å². The van der Waals surface area contributed by atoms with Gasteiger partial charge in [-0.25, -0.2) is 4.79 Å². The fraction of sp³-hybridized carbons (Fsp3) is 0.294. The highest BCUT2D eigenvalue weighted by atomic mass is 35.5. The normalized spacial score (nSPS) is 19.6. The standard InChI is InChI=1S/C17H9Cl2F6NO3S/c1-6-2-11(30-13(6)14(27)28)10-5-15(29-26-10,17(23,24)25)7-3-8(16(20,21)22)12(19)9(18)4-7/h2-4H,5H2,1H3,(H,27,28).